The van der Waals surface area contributed by atoms with Crippen molar-refractivity contribution < 1.29 is 14.3 Å². The molecule has 0 spiro atoms. The van der Waals surface area contributed by atoms with Crippen LogP contribution < -0.4 is 20.1 Å². The Morgan fingerprint density at radius 1 is 1.32 bits per heavy atom. The monoisotopic (exact) mass is 400 g/mol. The van der Waals surface area contributed by atoms with E-state index in [2.05, 4.69) is 25.7 Å². The van der Waals surface area contributed by atoms with Gasteiger partial charge in [0.2, 0.25) is 0 Å². The molecule has 4 rings (SSSR count). The van der Waals surface area contributed by atoms with E-state index in [-0.39, 0.29) is 18.1 Å². The number of hydrogen-bond acceptors (Lipinski definition) is 6. The third-order valence-corrected chi connectivity index (χ3v) is 4.52. The molecule has 0 saturated heterocycles. The zero-order valence-electron chi connectivity index (χ0n) is 14.9. The van der Waals surface area contributed by atoms with E-state index in [4.69, 9.17) is 21.1 Å². The van der Waals surface area contributed by atoms with E-state index in [1.807, 2.05) is 12.1 Å². The Morgan fingerprint density at radius 2 is 2.14 bits per heavy atom. The fourth-order valence-corrected chi connectivity index (χ4v) is 3.15. The number of urea groups is 1. The maximum Gasteiger partial charge on any atom is 0.320 e. The standard InChI is InChI=1S/C18H17ClN6O3/c1-27-18-20-9-11(10-21-18)25-7-5-15(24-25)23-17(26)22-14-6-8-28-16-12(14)3-2-4-13(16)19/h2-5,7,9-10,14H,6,8H2,1H3,(H2,22,23,24,26)/t14-/m0/s1. The molecule has 1 atom stereocenters. The average molecular weight is 401 g/mol. The molecule has 0 radical (unpaired) electrons. The van der Waals surface area contributed by atoms with Gasteiger partial charge in [-0.2, -0.15) is 0 Å². The molecule has 9 nitrogen and oxygen atoms in total. The topological polar surface area (TPSA) is 103 Å². The second-order valence-electron chi connectivity index (χ2n) is 6.02. The summed E-state index contributed by atoms with van der Waals surface area (Å²) in [5.41, 5.74) is 1.50. The summed E-state index contributed by atoms with van der Waals surface area (Å²) < 4.78 is 12.1. The minimum Gasteiger partial charge on any atom is -0.492 e. The molecule has 1 aliphatic heterocycles. The number of ether oxygens (including phenoxy) is 2. The lowest BCUT2D eigenvalue weighted by Crippen LogP contribution is -2.35. The zero-order chi connectivity index (χ0) is 19.5. The molecule has 1 aromatic carbocycles. The number of rotatable bonds is 4. The summed E-state index contributed by atoms with van der Waals surface area (Å²) in [4.78, 5) is 20.5. The third kappa shape index (κ3) is 3.70. The number of benzene rings is 1. The maximum atomic E-state index is 12.4. The number of nitrogens with one attached hydrogen (secondary N) is 2. The van der Waals surface area contributed by atoms with Gasteiger partial charge in [-0.05, 0) is 6.07 Å². The minimum absolute atomic E-state index is 0.195. The van der Waals surface area contributed by atoms with E-state index in [0.717, 1.165) is 5.56 Å². The first-order valence-electron chi connectivity index (χ1n) is 8.55. The van der Waals surface area contributed by atoms with Crippen molar-refractivity contribution in [2.75, 3.05) is 19.0 Å². The van der Waals surface area contributed by atoms with Gasteiger partial charge in [-0.1, -0.05) is 23.7 Å². The van der Waals surface area contributed by atoms with Crippen molar-refractivity contribution in [2.24, 2.45) is 0 Å². The predicted molar refractivity (Wildman–Crippen MR) is 102 cm³/mol. The normalized spacial score (nSPS) is 15.3. The summed E-state index contributed by atoms with van der Waals surface area (Å²) in [5.74, 6) is 1.01. The van der Waals surface area contributed by atoms with E-state index in [1.165, 1.54) is 7.11 Å². The van der Waals surface area contributed by atoms with E-state index in [9.17, 15) is 4.79 Å². The second kappa shape index (κ2) is 7.73. The van der Waals surface area contributed by atoms with Gasteiger partial charge in [0, 0.05) is 24.2 Å². The van der Waals surface area contributed by atoms with Crippen LogP contribution in [0, 0.1) is 0 Å². The van der Waals surface area contributed by atoms with Gasteiger partial charge >= 0.3 is 12.0 Å². The molecule has 2 aromatic heterocycles. The van der Waals surface area contributed by atoms with Crippen molar-refractivity contribution in [3.05, 3.63) is 53.4 Å². The molecule has 10 heteroatoms. The maximum absolute atomic E-state index is 12.4. The highest BCUT2D eigenvalue weighted by atomic mass is 35.5. The minimum atomic E-state index is -0.367. The molecule has 2 amide bonds. The number of methoxy groups -OCH3 is 1. The van der Waals surface area contributed by atoms with Crippen LogP contribution in [0.5, 0.6) is 11.8 Å². The lowest BCUT2D eigenvalue weighted by molar-refractivity contribution is 0.232. The number of amides is 2. The smallest absolute Gasteiger partial charge is 0.320 e. The molecule has 3 aromatic rings. The number of nitrogens with zero attached hydrogens (tertiary/aromatic N) is 4. The lowest BCUT2D eigenvalue weighted by atomic mass is 10.0. The molecule has 1 aliphatic rings. The van der Waals surface area contributed by atoms with E-state index in [0.29, 0.717) is 35.3 Å². The number of hydrogen-bond donors (Lipinski definition) is 2. The van der Waals surface area contributed by atoms with Gasteiger partial charge in [0.15, 0.2) is 5.82 Å². The molecule has 0 unspecified atom stereocenters. The molecule has 0 bridgehead atoms. The van der Waals surface area contributed by atoms with Gasteiger partial charge in [0.25, 0.3) is 0 Å². The predicted octanol–water partition coefficient (Wildman–Crippen LogP) is 2.97. The SMILES string of the molecule is COc1ncc(-n2ccc(NC(=O)N[C@H]3CCOc4c(Cl)cccc43)n2)cn1. The fraction of sp³-hybridized carbons (Fsp3) is 0.222. The first-order valence-corrected chi connectivity index (χ1v) is 8.92. The Bertz CT molecular complexity index is 991. The summed E-state index contributed by atoms with van der Waals surface area (Å²) in [6, 6.07) is 6.88. The molecule has 0 fully saturated rings. The highest BCUT2D eigenvalue weighted by molar-refractivity contribution is 6.32. The summed E-state index contributed by atoms with van der Waals surface area (Å²) in [6.45, 7) is 0.480. The van der Waals surface area contributed by atoms with Gasteiger partial charge in [0.05, 0.1) is 37.2 Å². The highest BCUT2D eigenvalue weighted by Crippen LogP contribution is 2.37. The molecule has 2 N–H and O–H groups in total. The van der Waals surface area contributed by atoms with Gasteiger partial charge in [0.1, 0.15) is 11.4 Å². The number of carbonyl (C=O) groups excluding carboxylic acids is 1. The van der Waals surface area contributed by atoms with Crippen molar-refractivity contribution in [1.29, 1.82) is 0 Å². The number of halogens is 1. The molecular formula is C18H17ClN6O3. The zero-order valence-corrected chi connectivity index (χ0v) is 15.7. The Morgan fingerprint density at radius 3 is 2.93 bits per heavy atom. The molecular weight excluding hydrogens is 384 g/mol. The Balaban J connectivity index is 1.42. The van der Waals surface area contributed by atoms with E-state index in [1.54, 1.807) is 35.4 Å². The number of aromatic nitrogens is 4. The molecule has 0 aliphatic carbocycles. The Kier molecular flexibility index (Phi) is 4.98. The fourth-order valence-electron chi connectivity index (χ4n) is 2.91. The first kappa shape index (κ1) is 18.1. The van der Waals surface area contributed by atoms with Crippen LogP contribution in [0.2, 0.25) is 5.02 Å². The van der Waals surface area contributed by atoms with Crippen LogP contribution >= 0.6 is 11.6 Å². The van der Waals surface area contributed by atoms with Crippen LogP contribution in [0.3, 0.4) is 0 Å². The van der Waals surface area contributed by atoms with Crippen LogP contribution in [-0.2, 0) is 0 Å². The van der Waals surface area contributed by atoms with Crippen LogP contribution in [0.1, 0.15) is 18.0 Å². The summed E-state index contributed by atoms with van der Waals surface area (Å²) in [7, 11) is 1.49. The van der Waals surface area contributed by atoms with Crippen LogP contribution in [0.4, 0.5) is 10.6 Å². The molecule has 0 saturated carbocycles. The van der Waals surface area contributed by atoms with Gasteiger partial charge in [-0.15, -0.1) is 5.10 Å². The molecule has 28 heavy (non-hydrogen) atoms. The Labute approximate surface area is 165 Å². The summed E-state index contributed by atoms with van der Waals surface area (Å²) in [6.07, 6.45) is 5.50. The number of fused-ring (bicyclic) bond motifs is 1. The summed E-state index contributed by atoms with van der Waals surface area (Å²) in [5, 5.41) is 10.5. The number of anilines is 1. The van der Waals surface area contributed by atoms with Crippen LogP contribution in [0.25, 0.3) is 5.69 Å². The number of carbonyl (C=O) groups is 1. The van der Waals surface area contributed by atoms with Crippen molar-refractivity contribution in [3.8, 4) is 17.4 Å². The molecule has 144 valence electrons. The largest absolute Gasteiger partial charge is 0.492 e. The molecule has 3 heterocycles. The quantitative estimate of drug-likeness (QED) is 0.697. The van der Waals surface area contributed by atoms with Crippen LogP contribution in [-0.4, -0.2) is 39.5 Å². The Hall–Kier alpha value is -3.33. The van der Waals surface area contributed by atoms with E-state index < -0.39 is 0 Å². The number of para-hydroxylation sites is 1. The van der Waals surface area contributed by atoms with Crippen molar-refractivity contribution >= 4 is 23.4 Å². The van der Waals surface area contributed by atoms with Crippen molar-refractivity contribution in [3.63, 3.8) is 0 Å². The van der Waals surface area contributed by atoms with Gasteiger partial charge in [-0.3, -0.25) is 5.32 Å². The van der Waals surface area contributed by atoms with Crippen LogP contribution in [0.15, 0.2) is 42.9 Å². The highest BCUT2D eigenvalue weighted by Gasteiger charge is 2.24. The lowest BCUT2D eigenvalue weighted by Gasteiger charge is -2.27. The van der Waals surface area contributed by atoms with Gasteiger partial charge < -0.3 is 14.8 Å². The van der Waals surface area contributed by atoms with Gasteiger partial charge in [-0.25, -0.2) is 19.4 Å². The van der Waals surface area contributed by atoms with Crippen molar-refractivity contribution in [1.82, 2.24) is 25.1 Å². The van der Waals surface area contributed by atoms with Crippen molar-refractivity contribution in [2.45, 2.75) is 12.5 Å². The third-order valence-electron chi connectivity index (χ3n) is 4.22. The summed E-state index contributed by atoms with van der Waals surface area (Å²) >= 11 is 6.17. The second-order valence-corrected chi connectivity index (χ2v) is 6.43. The average Bonchev–Trinajstić information content (AvgIpc) is 3.17. The van der Waals surface area contributed by atoms with E-state index >= 15 is 0 Å². The first-order chi connectivity index (χ1) is 13.6.